The quantitative estimate of drug-likeness (QED) is 0.762. The number of carbonyl (C=O) groups excluding carboxylic acids is 1. The molecule has 3 rings (SSSR count). The molecule has 0 unspecified atom stereocenters. The molecule has 0 spiro atoms. The van der Waals surface area contributed by atoms with Crippen molar-refractivity contribution in [2.24, 2.45) is 0 Å². The lowest BCUT2D eigenvalue weighted by Crippen LogP contribution is -2.13. The molecule has 0 aliphatic carbocycles. The van der Waals surface area contributed by atoms with E-state index in [2.05, 4.69) is 20.3 Å². The minimum atomic E-state index is -0.363. The molecule has 0 saturated carbocycles. The van der Waals surface area contributed by atoms with Crippen LogP contribution in [-0.4, -0.2) is 20.9 Å². The molecule has 1 N–H and O–H groups in total. The van der Waals surface area contributed by atoms with Crippen LogP contribution < -0.4 is 5.32 Å². The number of rotatable bonds is 3. The number of thiophene rings is 1. The molecule has 0 aliphatic rings. The third-order valence-electron chi connectivity index (χ3n) is 2.45. The lowest BCUT2D eigenvalue weighted by Gasteiger charge is -1.99. The molecule has 9 heteroatoms. The first kappa shape index (κ1) is 14.4. The first-order valence-electron chi connectivity index (χ1n) is 5.61. The second-order valence-corrected chi connectivity index (χ2v) is 6.96. The van der Waals surface area contributed by atoms with Crippen molar-refractivity contribution in [1.82, 2.24) is 15.0 Å². The highest BCUT2D eigenvalue weighted by Crippen LogP contribution is 2.38. The van der Waals surface area contributed by atoms with Gasteiger partial charge in [-0.3, -0.25) is 15.1 Å². The number of nitrogens with zero attached hydrogens (tertiary/aromatic N) is 3. The number of halogens is 2. The molecule has 0 bridgehead atoms. The molecule has 3 heterocycles. The molecule has 0 fully saturated rings. The Balaban J connectivity index is 1.80. The third-order valence-corrected chi connectivity index (χ3v) is 4.70. The number of thiazole rings is 1. The van der Waals surface area contributed by atoms with Gasteiger partial charge in [0.05, 0.1) is 16.2 Å². The smallest absolute Gasteiger partial charge is 0.277 e. The van der Waals surface area contributed by atoms with Crippen molar-refractivity contribution in [2.75, 3.05) is 5.32 Å². The lowest BCUT2D eigenvalue weighted by molar-refractivity contribution is 0.102. The monoisotopic (exact) mass is 356 g/mol. The van der Waals surface area contributed by atoms with Crippen molar-refractivity contribution >= 4 is 56.9 Å². The van der Waals surface area contributed by atoms with Crippen molar-refractivity contribution in [2.45, 2.75) is 0 Å². The molecule has 21 heavy (non-hydrogen) atoms. The zero-order valence-corrected chi connectivity index (χ0v) is 13.4. The van der Waals surface area contributed by atoms with Gasteiger partial charge >= 0.3 is 0 Å². The maximum Gasteiger partial charge on any atom is 0.277 e. The zero-order valence-electron chi connectivity index (χ0n) is 10.2. The highest BCUT2D eigenvalue weighted by atomic mass is 35.5. The van der Waals surface area contributed by atoms with Gasteiger partial charge < -0.3 is 0 Å². The number of amides is 1. The number of hydrogen-bond acceptors (Lipinski definition) is 6. The summed E-state index contributed by atoms with van der Waals surface area (Å²) >= 11 is 14.6. The average molecular weight is 357 g/mol. The summed E-state index contributed by atoms with van der Waals surface area (Å²) in [6.45, 7) is 0. The maximum absolute atomic E-state index is 11.9. The molecule has 5 nitrogen and oxygen atoms in total. The number of aromatic nitrogens is 3. The third kappa shape index (κ3) is 3.21. The van der Waals surface area contributed by atoms with E-state index in [9.17, 15) is 4.79 Å². The standard InChI is InChI=1S/C12H6Cl2N4OS2/c13-9-3-6(10(14)21-9)8-5-20-12(17-8)18-11(19)7-4-15-1-2-16-7/h1-5H,(H,17,18,19). The van der Waals surface area contributed by atoms with Crippen molar-refractivity contribution in [3.63, 3.8) is 0 Å². The van der Waals surface area contributed by atoms with Crippen molar-refractivity contribution in [3.05, 3.63) is 44.4 Å². The van der Waals surface area contributed by atoms with Crippen LogP contribution in [0.15, 0.2) is 30.0 Å². The first-order chi connectivity index (χ1) is 10.1. The van der Waals surface area contributed by atoms with E-state index in [1.54, 1.807) is 11.4 Å². The maximum atomic E-state index is 11.9. The van der Waals surface area contributed by atoms with Gasteiger partial charge in [-0.1, -0.05) is 23.2 Å². The highest BCUT2D eigenvalue weighted by molar-refractivity contribution is 7.20. The summed E-state index contributed by atoms with van der Waals surface area (Å²) < 4.78 is 1.16. The Morgan fingerprint density at radius 1 is 1.29 bits per heavy atom. The fourth-order valence-electron chi connectivity index (χ4n) is 1.55. The molecule has 0 saturated heterocycles. The molecule has 0 radical (unpaired) electrons. The van der Waals surface area contributed by atoms with Crippen molar-refractivity contribution in [3.8, 4) is 11.3 Å². The summed E-state index contributed by atoms with van der Waals surface area (Å²) in [5.74, 6) is -0.363. The van der Waals surface area contributed by atoms with Crippen molar-refractivity contribution in [1.29, 1.82) is 0 Å². The van der Waals surface area contributed by atoms with Gasteiger partial charge in [0, 0.05) is 23.3 Å². The van der Waals surface area contributed by atoms with E-state index in [1.807, 2.05) is 0 Å². The molecular formula is C12H6Cl2N4OS2. The van der Waals surface area contributed by atoms with Crippen LogP contribution in [0, 0.1) is 0 Å². The Morgan fingerprint density at radius 3 is 2.81 bits per heavy atom. The van der Waals surface area contributed by atoms with Crippen LogP contribution in [0.3, 0.4) is 0 Å². The van der Waals surface area contributed by atoms with E-state index in [0.717, 1.165) is 5.56 Å². The molecule has 0 aromatic carbocycles. The molecular weight excluding hydrogens is 351 g/mol. The van der Waals surface area contributed by atoms with Crippen LogP contribution in [-0.2, 0) is 0 Å². The van der Waals surface area contributed by atoms with Gasteiger partial charge in [0.1, 0.15) is 10.0 Å². The van der Waals surface area contributed by atoms with Crippen LogP contribution in [0.1, 0.15) is 10.5 Å². The van der Waals surface area contributed by atoms with E-state index < -0.39 is 0 Å². The summed E-state index contributed by atoms with van der Waals surface area (Å²) in [4.78, 5) is 24.0. The van der Waals surface area contributed by atoms with Crippen LogP contribution in [0.5, 0.6) is 0 Å². The largest absolute Gasteiger partial charge is 0.296 e. The molecule has 3 aromatic heterocycles. The summed E-state index contributed by atoms with van der Waals surface area (Å²) in [5, 5.41) is 4.93. The zero-order chi connectivity index (χ0) is 14.8. The van der Waals surface area contributed by atoms with Crippen LogP contribution in [0.25, 0.3) is 11.3 Å². The number of hydrogen-bond donors (Lipinski definition) is 1. The van der Waals surface area contributed by atoms with Crippen LogP contribution >= 0.6 is 45.9 Å². The summed E-state index contributed by atoms with van der Waals surface area (Å²) in [6.07, 6.45) is 4.34. The van der Waals surface area contributed by atoms with Crippen molar-refractivity contribution < 1.29 is 4.79 Å². The van der Waals surface area contributed by atoms with Gasteiger partial charge in [-0.15, -0.1) is 22.7 Å². The summed E-state index contributed by atoms with van der Waals surface area (Å²) in [6, 6.07) is 1.75. The first-order valence-corrected chi connectivity index (χ1v) is 8.07. The SMILES string of the molecule is O=C(Nc1nc(-c2cc(Cl)sc2Cl)cs1)c1cnccn1. The molecule has 0 atom stereocenters. The number of nitrogens with one attached hydrogen (secondary N) is 1. The van der Waals surface area contributed by atoms with Gasteiger partial charge in [-0.2, -0.15) is 0 Å². The summed E-state index contributed by atoms with van der Waals surface area (Å²) in [5.41, 5.74) is 1.65. The Hall–Kier alpha value is -1.54. The Morgan fingerprint density at radius 2 is 2.14 bits per heavy atom. The molecule has 1 amide bonds. The lowest BCUT2D eigenvalue weighted by atomic mass is 10.3. The second-order valence-electron chi connectivity index (χ2n) is 3.82. The topological polar surface area (TPSA) is 67.8 Å². The number of carbonyl (C=O) groups is 1. The summed E-state index contributed by atoms with van der Waals surface area (Å²) in [7, 11) is 0. The van der Waals surface area contributed by atoms with Gasteiger partial charge in [-0.25, -0.2) is 9.97 Å². The normalized spacial score (nSPS) is 10.6. The van der Waals surface area contributed by atoms with E-state index >= 15 is 0 Å². The fraction of sp³-hybridized carbons (Fsp3) is 0. The minimum absolute atomic E-state index is 0.228. The van der Waals surface area contributed by atoms with Gasteiger partial charge in [0.15, 0.2) is 5.13 Å². The van der Waals surface area contributed by atoms with E-state index in [1.165, 1.54) is 41.3 Å². The fourth-order valence-corrected chi connectivity index (χ4v) is 3.73. The van der Waals surface area contributed by atoms with Gasteiger partial charge in [0.2, 0.25) is 0 Å². The molecule has 0 aliphatic heterocycles. The van der Waals surface area contributed by atoms with E-state index in [0.29, 0.717) is 19.5 Å². The average Bonchev–Trinajstić information content (AvgIpc) is 3.06. The highest BCUT2D eigenvalue weighted by Gasteiger charge is 2.14. The van der Waals surface area contributed by atoms with Gasteiger partial charge in [-0.05, 0) is 6.07 Å². The number of anilines is 1. The Labute approximate surface area is 137 Å². The minimum Gasteiger partial charge on any atom is -0.296 e. The molecule has 3 aromatic rings. The Kier molecular flexibility index (Phi) is 4.16. The van der Waals surface area contributed by atoms with Crippen LogP contribution in [0.4, 0.5) is 5.13 Å². The predicted octanol–water partition coefficient (Wildman–Crippen LogP) is 4.22. The molecule has 106 valence electrons. The van der Waals surface area contributed by atoms with E-state index in [-0.39, 0.29) is 11.6 Å². The predicted molar refractivity (Wildman–Crippen MR) is 85.4 cm³/mol. The van der Waals surface area contributed by atoms with E-state index in [4.69, 9.17) is 23.2 Å². The van der Waals surface area contributed by atoms with Gasteiger partial charge in [0.25, 0.3) is 5.91 Å². The Bertz CT molecular complexity index is 788. The van der Waals surface area contributed by atoms with Crippen LogP contribution in [0.2, 0.25) is 8.67 Å². The second kappa shape index (κ2) is 6.07.